The first-order valence-corrected chi connectivity index (χ1v) is 2.20. The van der Waals surface area contributed by atoms with E-state index in [1.54, 1.807) is 0 Å². The van der Waals surface area contributed by atoms with E-state index in [9.17, 15) is 0 Å². The van der Waals surface area contributed by atoms with Crippen molar-refractivity contribution in [3.63, 3.8) is 0 Å². The molecule has 0 heterocycles. The van der Waals surface area contributed by atoms with Gasteiger partial charge in [0.05, 0.1) is 0 Å². The summed E-state index contributed by atoms with van der Waals surface area (Å²) >= 11 is 0. The van der Waals surface area contributed by atoms with Gasteiger partial charge in [-0.2, -0.15) is 0 Å². The Morgan fingerprint density at radius 2 is 2.25 bits per heavy atom. The molecule has 0 fully saturated rings. The smallest absolute Gasteiger partial charge is 0.266 e. The zero-order valence-corrected chi connectivity index (χ0v) is 3.37. The van der Waals surface area contributed by atoms with Gasteiger partial charge in [-0.25, -0.2) is 0 Å². The van der Waals surface area contributed by atoms with Crippen LogP contribution in [-0.2, 0) is 0 Å². The molecule has 0 bridgehead atoms. The zero-order valence-electron chi connectivity index (χ0n) is 2.47. The quantitative estimate of drug-likeness (QED) is 0.296. The molecule has 0 aromatic carbocycles. The van der Waals surface area contributed by atoms with Crippen LogP contribution < -0.4 is 0 Å². The van der Waals surface area contributed by atoms with Crippen LogP contribution in [0.1, 0.15) is 0 Å². The Kier molecular flexibility index (Phi) is 3.30. The predicted molar refractivity (Wildman–Crippen MR) is 21.0 cm³/mol. The van der Waals surface area contributed by atoms with Crippen molar-refractivity contribution in [2.75, 3.05) is 6.66 Å². The van der Waals surface area contributed by atoms with E-state index in [1.165, 1.54) is 0 Å². The molecule has 1 nitrogen and oxygen atoms in total. The van der Waals surface area contributed by atoms with Crippen LogP contribution in [0.5, 0.6) is 0 Å². The molecule has 0 aliphatic carbocycles. The third-order valence-electron chi connectivity index (χ3n) is 0.115. The number of nitrogens with zero attached hydrogens (tertiary/aromatic N) is 1. The summed E-state index contributed by atoms with van der Waals surface area (Å²) in [6.07, 6.45) is 0. The minimum atomic E-state index is 0.901. The average molecular weight is 70.8 g/mol. The zero-order chi connectivity index (χ0) is 3.41. The molecule has 4 heavy (non-hydrogen) atoms. The minimum Gasteiger partial charge on any atom is -0.342 e. The van der Waals surface area contributed by atoms with Gasteiger partial charge in [-0.1, -0.05) is 0 Å². The molecule has 0 N–H and O–H groups in total. The van der Waals surface area contributed by atoms with Gasteiger partial charge >= 0.3 is 0 Å². The van der Waals surface area contributed by atoms with Crippen molar-refractivity contribution >= 4 is 16.4 Å². The van der Waals surface area contributed by atoms with E-state index in [0.29, 0.717) is 0 Å². The second-order valence-corrected chi connectivity index (χ2v) is 0.946. The summed E-state index contributed by atoms with van der Waals surface area (Å²) in [4.78, 5) is 0. The second-order valence-electron chi connectivity index (χ2n) is 0.315. The molecule has 3 heteroatoms. The average Bonchev–Trinajstić information content (AvgIpc) is 1.37. The molecule has 0 spiro atoms. The van der Waals surface area contributed by atoms with Gasteiger partial charge in [0.15, 0.2) is 0 Å². The maximum atomic E-state index is 4.64. The van der Waals surface area contributed by atoms with Crippen LogP contribution in [0, 0.1) is 0 Å². The third kappa shape index (κ3) is 2.16. The minimum absolute atomic E-state index is 0.901. The first-order chi connectivity index (χ1) is 1.91. The second kappa shape index (κ2) is 3.16. The Hall–Kier alpha value is 0.165. The summed E-state index contributed by atoms with van der Waals surface area (Å²) < 4.78 is 3.21. The van der Waals surface area contributed by atoms with Crippen LogP contribution >= 0.6 is 8.37 Å². The molecule has 20 valence electrons. The molecule has 0 aliphatic rings. The van der Waals surface area contributed by atoms with Gasteiger partial charge in [0.2, 0.25) is 0 Å². The largest absolute Gasteiger partial charge is 0.342 e. The van der Waals surface area contributed by atoms with Crippen molar-refractivity contribution in [2.24, 2.45) is 4.66 Å². The van der Waals surface area contributed by atoms with Gasteiger partial charge in [0.25, 0.3) is 7.98 Å². The Labute approximate surface area is 28.7 Å². The maximum Gasteiger partial charge on any atom is 0.266 e. The van der Waals surface area contributed by atoms with Gasteiger partial charge in [-0.3, -0.25) is 0 Å². The fourth-order valence-corrected chi connectivity index (χ4v) is 0. The summed E-state index contributed by atoms with van der Waals surface area (Å²) in [5, 5.41) is 0. The molecular weight excluding hydrogens is 67.8 g/mol. The Morgan fingerprint density at radius 1 is 2.00 bits per heavy atom. The van der Waals surface area contributed by atoms with E-state index in [1.807, 2.05) is 6.66 Å². The molecular formula is CH3BNP. The lowest BCUT2D eigenvalue weighted by Gasteiger charge is -1.51. The predicted octanol–water partition coefficient (Wildman–Crippen LogP) is 0.829. The lowest BCUT2D eigenvalue weighted by Crippen LogP contribution is -1.30. The number of hydrogen-bond donors (Lipinski definition) is 0. The summed E-state index contributed by atoms with van der Waals surface area (Å²) in [5.41, 5.74) is 0. The van der Waals surface area contributed by atoms with Crippen LogP contribution in [0.25, 0.3) is 0 Å². The van der Waals surface area contributed by atoms with Crippen LogP contribution in [0.15, 0.2) is 4.66 Å². The van der Waals surface area contributed by atoms with Crippen molar-refractivity contribution in [1.29, 1.82) is 0 Å². The number of hydrogen-bond acceptors (Lipinski definition) is 1. The summed E-state index contributed by atoms with van der Waals surface area (Å²) in [7, 11) is 5.54. The van der Waals surface area contributed by atoms with E-state index < -0.39 is 0 Å². The summed E-state index contributed by atoms with van der Waals surface area (Å²) in [6.45, 7) is 1.86. The van der Waals surface area contributed by atoms with Gasteiger partial charge in [-0.05, 0) is 15.0 Å². The SMILES string of the molecule is [B]N=PC. The van der Waals surface area contributed by atoms with E-state index in [2.05, 4.69) is 12.6 Å². The van der Waals surface area contributed by atoms with Gasteiger partial charge in [-0.15, -0.1) is 0 Å². The van der Waals surface area contributed by atoms with Crippen LogP contribution in [0.2, 0.25) is 0 Å². The molecule has 0 saturated carbocycles. The molecule has 0 aliphatic heterocycles. The van der Waals surface area contributed by atoms with Crippen molar-refractivity contribution in [3.05, 3.63) is 0 Å². The Morgan fingerprint density at radius 3 is 2.25 bits per heavy atom. The monoisotopic (exact) mass is 71.0 g/mol. The Bertz CT molecular complexity index is 23.2. The lowest BCUT2D eigenvalue weighted by molar-refractivity contribution is 2.02. The third-order valence-corrected chi connectivity index (χ3v) is 0.346. The lowest BCUT2D eigenvalue weighted by atomic mass is 10.5. The maximum absolute atomic E-state index is 4.64. The molecule has 0 saturated heterocycles. The summed E-state index contributed by atoms with van der Waals surface area (Å²) in [6, 6.07) is 0. The highest BCUT2D eigenvalue weighted by Gasteiger charge is 1.36. The normalized spacial score (nSPS) is 9.25. The topological polar surface area (TPSA) is 12.4 Å². The van der Waals surface area contributed by atoms with Crippen molar-refractivity contribution in [3.8, 4) is 0 Å². The van der Waals surface area contributed by atoms with Gasteiger partial charge in [0.1, 0.15) is 0 Å². The highest BCUT2D eigenvalue weighted by atomic mass is 31.1. The molecule has 0 atom stereocenters. The molecule has 0 unspecified atom stereocenters. The van der Waals surface area contributed by atoms with Crippen molar-refractivity contribution in [2.45, 2.75) is 0 Å². The standard InChI is InChI=1S/CH3BNP/c1-4-3-2/h1H3. The van der Waals surface area contributed by atoms with Crippen LogP contribution in [0.4, 0.5) is 0 Å². The number of rotatable bonds is 0. The Balaban J connectivity index is 2.55. The van der Waals surface area contributed by atoms with Gasteiger partial charge < -0.3 is 4.66 Å². The van der Waals surface area contributed by atoms with Crippen molar-refractivity contribution in [1.82, 2.24) is 0 Å². The van der Waals surface area contributed by atoms with E-state index >= 15 is 0 Å². The molecule has 2 radical (unpaired) electrons. The van der Waals surface area contributed by atoms with E-state index in [-0.39, 0.29) is 0 Å². The van der Waals surface area contributed by atoms with Crippen molar-refractivity contribution < 1.29 is 0 Å². The summed E-state index contributed by atoms with van der Waals surface area (Å²) in [5.74, 6) is 0. The van der Waals surface area contributed by atoms with Crippen LogP contribution in [-0.4, -0.2) is 14.6 Å². The highest BCUT2D eigenvalue weighted by molar-refractivity contribution is 7.26. The van der Waals surface area contributed by atoms with E-state index in [0.717, 1.165) is 8.37 Å². The molecule has 0 aromatic rings. The fraction of sp³-hybridized carbons (Fsp3) is 1.00. The van der Waals surface area contributed by atoms with Gasteiger partial charge in [0, 0.05) is 0 Å². The first-order valence-electron chi connectivity index (χ1n) is 0.905. The highest BCUT2D eigenvalue weighted by Crippen LogP contribution is 1.80. The molecule has 0 aromatic heterocycles. The fourth-order valence-electron chi connectivity index (χ4n) is 0. The molecule has 0 rings (SSSR count). The van der Waals surface area contributed by atoms with Crippen LogP contribution in [0.3, 0.4) is 0 Å². The molecule has 0 amide bonds. The van der Waals surface area contributed by atoms with E-state index in [4.69, 9.17) is 0 Å². The first kappa shape index (κ1) is 4.16.